The van der Waals surface area contributed by atoms with Gasteiger partial charge in [-0.05, 0) is 18.9 Å². The number of rotatable bonds is 3. The van der Waals surface area contributed by atoms with Crippen LogP contribution in [-0.2, 0) is 10.9 Å². The number of nitrogens with zero attached hydrogens (tertiary/aromatic N) is 1. The van der Waals surface area contributed by atoms with E-state index >= 15 is 0 Å². The van der Waals surface area contributed by atoms with E-state index in [-0.39, 0.29) is 12.5 Å². The van der Waals surface area contributed by atoms with Crippen LogP contribution in [0.5, 0.6) is 0 Å². The summed E-state index contributed by atoms with van der Waals surface area (Å²) in [5.74, 6) is -0.0391. The van der Waals surface area contributed by atoms with Crippen molar-refractivity contribution in [1.82, 2.24) is 4.31 Å². The van der Waals surface area contributed by atoms with E-state index in [4.69, 9.17) is 5.11 Å². The molecular formula is C11H17NO3S. The Morgan fingerprint density at radius 1 is 1.62 bits per heavy atom. The number of allylic oxidation sites excluding steroid dienone is 4. The highest BCUT2D eigenvalue weighted by molar-refractivity contribution is 7.70. The standard InChI is InChI=1S/C11H17NO3S/c1-3-5-10-6-9(8-13)7-12(16(14)15)11(10)4-2/h3-5,9,13,16H,1,6-8H2,2H3/b10-5-,11-4+/t9-/m1/s1. The van der Waals surface area contributed by atoms with Crippen molar-refractivity contribution >= 4 is 10.9 Å². The van der Waals surface area contributed by atoms with Gasteiger partial charge in [-0.15, -0.1) is 0 Å². The number of piperidine rings is 1. The first kappa shape index (κ1) is 13.0. The third kappa shape index (κ3) is 2.74. The fourth-order valence-electron chi connectivity index (χ4n) is 1.90. The summed E-state index contributed by atoms with van der Waals surface area (Å²) in [7, 11) is -2.65. The van der Waals surface area contributed by atoms with Crippen molar-refractivity contribution < 1.29 is 13.5 Å². The lowest BCUT2D eigenvalue weighted by Crippen LogP contribution is -2.35. The molecule has 16 heavy (non-hydrogen) atoms. The molecular weight excluding hydrogens is 226 g/mol. The Morgan fingerprint density at radius 2 is 2.31 bits per heavy atom. The van der Waals surface area contributed by atoms with E-state index in [9.17, 15) is 8.42 Å². The zero-order valence-corrected chi connectivity index (χ0v) is 10.2. The highest BCUT2D eigenvalue weighted by atomic mass is 32.2. The van der Waals surface area contributed by atoms with Gasteiger partial charge in [-0.25, -0.2) is 8.42 Å². The Kier molecular flexibility index (Phi) is 4.76. The summed E-state index contributed by atoms with van der Waals surface area (Å²) >= 11 is 0. The van der Waals surface area contributed by atoms with Crippen molar-refractivity contribution in [3.63, 3.8) is 0 Å². The summed E-state index contributed by atoms with van der Waals surface area (Å²) in [4.78, 5) is 0. The smallest absolute Gasteiger partial charge is 0.225 e. The van der Waals surface area contributed by atoms with Gasteiger partial charge < -0.3 is 5.11 Å². The third-order valence-electron chi connectivity index (χ3n) is 2.59. The molecule has 0 aromatic carbocycles. The number of thiol groups is 1. The van der Waals surface area contributed by atoms with Gasteiger partial charge in [-0.1, -0.05) is 24.8 Å². The molecule has 1 saturated heterocycles. The summed E-state index contributed by atoms with van der Waals surface area (Å²) in [6.45, 7) is 5.75. The van der Waals surface area contributed by atoms with Crippen LogP contribution in [0, 0.1) is 5.92 Å². The molecule has 1 N–H and O–H groups in total. The maximum atomic E-state index is 11.1. The molecule has 1 aliphatic rings. The normalized spacial score (nSPS) is 26.7. The van der Waals surface area contributed by atoms with Crippen LogP contribution in [0.1, 0.15) is 13.3 Å². The van der Waals surface area contributed by atoms with E-state index in [2.05, 4.69) is 6.58 Å². The zero-order valence-electron chi connectivity index (χ0n) is 9.30. The Hall–Kier alpha value is -1.07. The molecule has 0 aliphatic carbocycles. The fraction of sp³-hybridized carbons (Fsp3) is 0.455. The molecule has 90 valence electrons. The van der Waals surface area contributed by atoms with Gasteiger partial charge in [0.05, 0.1) is 5.70 Å². The minimum absolute atomic E-state index is 0.00878. The van der Waals surface area contributed by atoms with Crippen molar-refractivity contribution in [2.45, 2.75) is 13.3 Å². The first-order valence-corrected chi connectivity index (χ1v) is 6.28. The van der Waals surface area contributed by atoms with Gasteiger partial charge in [0.1, 0.15) is 0 Å². The van der Waals surface area contributed by atoms with Crippen LogP contribution < -0.4 is 0 Å². The van der Waals surface area contributed by atoms with Crippen LogP contribution in [0.3, 0.4) is 0 Å². The summed E-state index contributed by atoms with van der Waals surface area (Å²) in [6, 6.07) is 0. The first-order valence-electron chi connectivity index (χ1n) is 5.15. The van der Waals surface area contributed by atoms with Gasteiger partial charge >= 0.3 is 0 Å². The number of aliphatic hydroxyl groups excluding tert-OH is 1. The molecule has 1 fully saturated rings. The second-order valence-corrected chi connectivity index (χ2v) is 4.63. The third-order valence-corrected chi connectivity index (χ3v) is 3.37. The van der Waals surface area contributed by atoms with Crippen molar-refractivity contribution in [3.8, 4) is 0 Å². The van der Waals surface area contributed by atoms with Crippen molar-refractivity contribution in [1.29, 1.82) is 0 Å². The number of hydrogen-bond acceptors (Lipinski definition) is 3. The lowest BCUT2D eigenvalue weighted by Gasteiger charge is -2.33. The maximum absolute atomic E-state index is 11.1. The predicted molar refractivity (Wildman–Crippen MR) is 64.3 cm³/mol. The average molecular weight is 243 g/mol. The minimum atomic E-state index is -2.65. The van der Waals surface area contributed by atoms with Gasteiger partial charge in [0, 0.05) is 19.1 Å². The average Bonchev–Trinajstić information content (AvgIpc) is 2.28. The molecule has 0 aromatic rings. The Labute approximate surface area is 97.7 Å². The molecule has 5 heteroatoms. The molecule has 1 rings (SSSR count). The lowest BCUT2D eigenvalue weighted by molar-refractivity contribution is 0.199. The highest BCUT2D eigenvalue weighted by Gasteiger charge is 2.27. The molecule has 1 atom stereocenters. The molecule has 0 aromatic heterocycles. The molecule has 0 saturated carbocycles. The van der Waals surface area contributed by atoms with E-state index in [1.165, 1.54) is 4.31 Å². The van der Waals surface area contributed by atoms with Crippen LogP contribution >= 0.6 is 0 Å². The number of hydrogen-bond donors (Lipinski definition) is 2. The summed E-state index contributed by atoms with van der Waals surface area (Å²) in [6.07, 6.45) is 5.88. The predicted octanol–water partition coefficient (Wildman–Crippen LogP) is 0.843. The molecule has 0 unspecified atom stereocenters. The number of aliphatic hydroxyl groups is 1. The van der Waals surface area contributed by atoms with E-state index in [0.717, 1.165) is 5.57 Å². The van der Waals surface area contributed by atoms with Crippen LogP contribution in [-0.4, -0.2) is 31.0 Å². The van der Waals surface area contributed by atoms with Gasteiger partial charge in [-0.3, -0.25) is 4.31 Å². The second-order valence-electron chi connectivity index (χ2n) is 3.67. The van der Waals surface area contributed by atoms with E-state index < -0.39 is 10.9 Å². The van der Waals surface area contributed by atoms with Gasteiger partial charge in [0.2, 0.25) is 10.9 Å². The highest BCUT2D eigenvalue weighted by Crippen LogP contribution is 2.29. The Balaban J connectivity index is 3.10. The monoisotopic (exact) mass is 243 g/mol. The van der Waals surface area contributed by atoms with Crippen molar-refractivity contribution in [2.24, 2.45) is 5.92 Å². The summed E-state index contributed by atoms with van der Waals surface area (Å²) in [5, 5.41) is 9.14. The lowest BCUT2D eigenvalue weighted by atomic mass is 9.93. The Morgan fingerprint density at radius 3 is 2.75 bits per heavy atom. The molecule has 4 nitrogen and oxygen atoms in total. The van der Waals surface area contributed by atoms with E-state index in [0.29, 0.717) is 18.7 Å². The quantitative estimate of drug-likeness (QED) is 0.722. The first-order chi connectivity index (χ1) is 7.63. The van der Waals surface area contributed by atoms with Crippen LogP contribution in [0.4, 0.5) is 0 Å². The van der Waals surface area contributed by atoms with Gasteiger partial charge in [0.15, 0.2) is 0 Å². The topological polar surface area (TPSA) is 57.6 Å². The van der Waals surface area contributed by atoms with Crippen molar-refractivity contribution in [2.75, 3.05) is 13.2 Å². The van der Waals surface area contributed by atoms with Crippen LogP contribution in [0.15, 0.2) is 36.1 Å². The molecule has 0 spiro atoms. The fourth-order valence-corrected chi connectivity index (χ4v) is 2.68. The Bertz CT molecular complexity index is 388. The molecule has 0 bridgehead atoms. The zero-order chi connectivity index (χ0) is 12.1. The second kappa shape index (κ2) is 5.86. The maximum Gasteiger partial charge on any atom is 0.225 e. The van der Waals surface area contributed by atoms with Crippen LogP contribution in [0.2, 0.25) is 0 Å². The summed E-state index contributed by atoms with van der Waals surface area (Å²) < 4.78 is 23.6. The minimum Gasteiger partial charge on any atom is -0.396 e. The molecule has 1 heterocycles. The molecule has 1 aliphatic heterocycles. The van der Waals surface area contributed by atoms with Gasteiger partial charge in [-0.2, -0.15) is 0 Å². The van der Waals surface area contributed by atoms with Crippen LogP contribution in [0.25, 0.3) is 0 Å². The molecule has 0 amide bonds. The van der Waals surface area contributed by atoms with E-state index in [1.807, 2.05) is 0 Å². The molecule has 0 radical (unpaired) electrons. The largest absolute Gasteiger partial charge is 0.396 e. The van der Waals surface area contributed by atoms with Crippen molar-refractivity contribution in [3.05, 3.63) is 36.1 Å². The SMILES string of the molecule is C=C/C=C1/C[C@@H](CO)CN([SH](=O)=O)/C1=C/C. The van der Waals surface area contributed by atoms with Gasteiger partial charge in [0.25, 0.3) is 0 Å². The summed E-state index contributed by atoms with van der Waals surface area (Å²) in [5.41, 5.74) is 1.60. The van der Waals surface area contributed by atoms with E-state index in [1.54, 1.807) is 25.2 Å².